The molecule has 0 radical (unpaired) electrons. The molecular weight excluding hydrogens is 292 g/mol. The second kappa shape index (κ2) is 7.65. The molecule has 23 heavy (non-hydrogen) atoms. The molecule has 2 fully saturated rings. The van der Waals surface area contributed by atoms with Gasteiger partial charge in [0.05, 0.1) is 12.5 Å². The molecule has 2 aliphatic rings. The lowest BCUT2D eigenvalue weighted by atomic mass is 9.85. The van der Waals surface area contributed by atoms with Gasteiger partial charge in [0.25, 0.3) is 0 Å². The summed E-state index contributed by atoms with van der Waals surface area (Å²) in [5, 5.41) is 12.8. The summed E-state index contributed by atoms with van der Waals surface area (Å²) in [5.41, 5.74) is -0.198. The molecule has 1 saturated heterocycles. The molecule has 1 saturated carbocycles. The highest BCUT2D eigenvalue weighted by atomic mass is 16.3. The van der Waals surface area contributed by atoms with E-state index in [2.05, 4.69) is 5.32 Å². The first-order valence-electron chi connectivity index (χ1n) is 9.11. The van der Waals surface area contributed by atoms with E-state index in [0.29, 0.717) is 6.54 Å². The second-order valence-electron chi connectivity index (χ2n) is 7.70. The monoisotopic (exact) mass is 324 g/mol. The van der Waals surface area contributed by atoms with Gasteiger partial charge in [0.1, 0.15) is 0 Å². The minimum atomic E-state index is -0.198. The number of aliphatic hydroxyl groups is 1. The molecule has 132 valence electrons. The number of carbonyl (C=O) groups excluding carboxylic acids is 2. The Kier molecular flexibility index (Phi) is 6.06. The van der Waals surface area contributed by atoms with Crippen molar-refractivity contribution >= 4 is 11.8 Å². The van der Waals surface area contributed by atoms with Gasteiger partial charge in [-0.1, -0.05) is 27.2 Å². The molecule has 2 rings (SSSR count). The second-order valence-corrected chi connectivity index (χ2v) is 7.70. The van der Waals surface area contributed by atoms with Crippen LogP contribution in [0.25, 0.3) is 0 Å². The van der Waals surface area contributed by atoms with E-state index in [1.54, 1.807) is 0 Å². The minimum absolute atomic E-state index is 0.0318. The van der Waals surface area contributed by atoms with Crippen molar-refractivity contribution in [3.63, 3.8) is 0 Å². The Morgan fingerprint density at radius 2 is 2.09 bits per heavy atom. The average Bonchev–Trinajstić information content (AvgIpc) is 2.94. The summed E-state index contributed by atoms with van der Waals surface area (Å²) in [7, 11) is 0. The number of rotatable bonds is 5. The van der Waals surface area contributed by atoms with E-state index >= 15 is 0 Å². The molecule has 1 aliphatic carbocycles. The normalized spacial score (nSPS) is 32.6. The number of amides is 2. The standard InChI is InChI=1S/C18H32N2O3/c1-4-13(2)17(23)20-10-6-7-14(11-20)16(22)19-15-8-5-9-18(15,3)12-21/h13-15,21H,4-12H2,1-3H3,(H,19,22). The Labute approximate surface area is 139 Å². The lowest BCUT2D eigenvalue weighted by molar-refractivity contribution is -0.139. The quantitative estimate of drug-likeness (QED) is 0.812. The Hall–Kier alpha value is -1.10. The Bertz CT molecular complexity index is 440. The number of nitrogens with one attached hydrogen (secondary N) is 1. The molecule has 2 N–H and O–H groups in total. The Morgan fingerprint density at radius 1 is 1.35 bits per heavy atom. The van der Waals surface area contributed by atoms with Crippen LogP contribution in [0.5, 0.6) is 0 Å². The van der Waals surface area contributed by atoms with Crippen molar-refractivity contribution in [2.75, 3.05) is 19.7 Å². The van der Waals surface area contributed by atoms with Gasteiger partial charge in [0.15, 0.2) is 0 Å². The van der Waals surface area contributed by atoms with Crippen LogP contribution in [-0.4, -0.2) is 47.6 Å². The van der Waals surface area contributed by atoms with Crippen LogP contribution in [0.4, 0.5) is 0 Å². The van der Waals surface area contributed by atoms with Crippen LogP contribution in [0.3, 0.4) is 0 Å². The Balaban J connectivity index is 1.93. The van der Waals surface area contributed by atoms with Crippen LogP contribution in [0, 0.1) is 17.3 Å². The van der Waals surface area contributed by atoms with E-state index in [1.165, 1.54) is 0 Å². The fourth-order valence-corrected chi connectivity index (χ4v) is 3.84. The SMILES string of the molecule is CCC(C)C(=O)N1CCCC(C(=O)NC2CCCC2(C)CO)C1. The fraction of sp³-hybridized carbons (Fsp3) is 0.889. The first-order chi connectivity index (χ1) is 10.9. The number of aliphatic hydroxyl groups excluding tert-OH is 1. The van der Waals surface area contributed by atoms with E-state index in [-0.39, 0.29) is 41.7 Å². The highest BCUT2D eigenvalue weighted by Gasteiger charge is 2.40. The minimum Gasteiger partial charge on any atom is -0.396 e. The van der Waals surface area contributed by atoms with Crippen molar-refractivity contribution in [3.05, 3.63) is 0 Å². The van der Waals surface area contributed by atoms with Crippen molar-refractivity contribution in [1.82, 2.24) is 10.2 Å². The molecule has 4 atom stereocenters. The largest absolute Gasteiger partial charge is 0.396 e. The summed E-state index contributed by atoms with van der Waals surface area (Å²) in [6, 6.07) is 0.0562. The van der Waals surface area contributed by atoms with Gasteiger partial charge in [0.2, 0.25) is 11.8 Å². The van der Waals surface area contributed by atoms with Crippen molar-refractivity contribution < 1.29 is 14.7 Å². The van der Waals surface area contributed by atoms with Gasteiger partial charge in [-0.25, -0.2) is 0 Å². The number of hydrogen-bond acceptors (Lipinski definition) is 3. The summed E-state index contributed by atoms with van der Waals surface area (Å²) in [6.45, 7) is 7.44. The van der Waals surface area contributed by atoms with Crippen LogP contribution in [0.2, 0.25) is 0 Å². The molecule has 0 aromatic carbocycles. The number of nitrogens with zero attached hydrogens (tertiary/aromatic N) is 1. The maximum Gasteiger partial charge on any atom is 0.225 e. The third kappa shape index (κ3) is 4.06. The van der Waals surface area contributed by atoms with Crippen LogP contribution in [-0.2, 0) is 9.59 Å². The molecule has 5 heteroatoms. The van der Waals surface area contributed by atoms with Gasteiger partial charge in [-0.15, -0.1) is 0 Å². The summed E-state index contributed by atoms with van der Waals surface area (Å²) in [4.78, 5) is 26.8. The summed E-state index contributed by atoms with van der Waals surface area (Å²) in [6.07, 6.45) is 5.51. The van der Waals surface area contributed by atoms with Crippen LogP contribution in [0.1, 0.15) is 59.3 Å². The van der Waals surface area contributed by atoms with Gasteiger partial charge in [-0.05, 0) is 32.1 Å². The van der Waals surface area contributed by atoms with Gasteiger partial charge < -0.3 is 15.3 Å². The van der Waals surface area contributed by atoms with E-state index < -0.39 is 0 Å². The number of hydrogen-bond donors (Lipinski definition) is 2. The van der Waals surface area contributed by atoms with Gasteiger partial charge in [-0.2, -0.15) is 0 Å². The van der Waals surface area contributed by atoms with Crippen molar-refractivity contribution in [2.24, 2.45) is 17.3 Å². The van der Waals surface area contributed by atoms with Gasteiger partial charge in [-0.3, -0.25) is 9.59 Å². The summed E-state index contributed by atoms with van der Waals surface area (Å²) < 4.78 is 0. The highest BCUT2D eigenvalue weighted by molar-refractivity contribution is 5.82. The molecule has 4 unspecified atom stereocenters. The summed E-state index contributed by atoms with van der Waals surface area (Å²) >= 11 is 0. The molecule has 1 heterocycles. The number of carbonyl (C=O) groups is 2. The van der Waals surface area contributed by atoms with Gasteiger partial charge >= 0.3 is 0 Å². The molecule has 0 bridgehead atoms. The third-order valence-electron chi connectivity index (χ3n) is 5.90. The van der Waals surface area contributed by atoms with Crippen molar-refractivity contribution in [2.45, 2.75) is 65.3 Å². The van der Waals surface area contributed by atoms with Gasteiger partial charge in [0, 0.05) is 30.5 Å². The highest BCUT2D eigenvalue weighted by Crippen LogP contribution is 2.37. The molecule has 0 aromatic heterocycles. The first-order valence-corrected chi connectivity index (χ1v) is 9.11. The predicted octanol–water partition coefficient (Wildman–Crippen LogP) is 1.94. The smallest absolute Gasteiger partial charge is 0.225 e. The average molecular weight is 324 g/mol. The molecule has 2 amide bonds. The fourth-order valence-electron chi connectivity index (χ4n) is 3.84. The van der Waals surface area contributed by atoms with E-state index in [1.807, 2.05) is 25.7 Å². The van der Waals surface area contributed by atoms with E-state index in [0.717, 1.165) is 45.1 Å². The van der Waals surface area contributed by atoms with E-state index in [9.17, 15) is 14.7 Å². The van der Waals surface area contributed by atoms with Crippen molar-refractivity contribution in [3.8, 4) is 0 Å². The van der Waals surface area contributed by atoms with Crippen LogP contribution < -0.4 is 5.32 Å². The lowest BCUT2D eigenvalue weighted by Gasteiger charge is -2.36. The van der Waals surface area contributed by atoms with Crippen molar-refractivity contribution in [1.29, 1.82) is 0 Å². The number of likely N-dealkylation sites (tertiary alicyclic amines) is 1. The maximum absolute atomic E-state index is 12.6. The predicted molar refractivity (Wildman–Crippen MR) is 89.7 cm³/mol. The topological polar surface area (TPSA) is 69.6 Å². The molecule has 0 aromatic rings. The zero-order valence-corrected chi connectivity index (χ0v) is 14.8. The summed E-state index contributed by atoms with van der Waals surface area (Å²) in [5.74, 6) is 0.147. The van der Waals surface area contributed by atoms with Crippen LogP contribution >= 0.6 is 0 Å². The van der Waals surface area contributed by atoms with E-state index in [4.69, 9.17) is 0 Å². The number of piperidine rings is 1. The lowest BCUT2D eigenvalue weighted by Crippen LogP contribution is -2.51. The molecule has 0 spiro atoms. The Morgan fingerprint density at radius 3 is 2.74 bits per heavy atom. The maximum atomic E-state index is 12.6. The molecule has 5 nitrogen and oxygen atoms in total. The zero-order valence-electron chi connectivity index (χ0n) is 14.8. The first kappa shape index (κ1) is 18.2. The third-order valence-corrected chi connectivity index (χ3v) is 5.90. The zero-order chi connectivity index (χ0) is 17.0. The molecule has 1 aliphatic heterocycles. The van der Waals surface area contributed by atoms with Crippen LogP contribution in [0.15, 0.2) is 0 Å². The molecular formula is C18H32N2O3.